The van der Waals surface area contributed by atoms with Crippen molar-refractivity contribution in [2.24, 2.45) is 5.92 Å². The normalized spacial score (nSPS) is 22.6. The molecule has 114 valence electrons. The number of benzene rings is 1. The molecule has 1 aromatic carbocycles. The molecule has 1 aromatic heterocycles. The molecule has 1 saturated carbocycles. The summed E-state index contributed by atoms with van der Waals surface area (Å²) in [4.78, 5) is 3.38. The van der Waals surface area contributed by atoms with Crippen LogP contribution in [-0.2, 0) is 0 Å². The van der Waals surface area contributed by atoms with Gasteiger partial charge < -0.3 is 14.3 Å². The van der Waals surface area contributed by atoms with Crippen LogP contribution in [0.25, 0.3) is 11.0 Å². The van der Waals surface area contributed by atoms with E-state index < -0.39 is 0 Å². The minimum Gasteiger partial charge on any atom is -0.492 e. The van der Waals surface area contributed by atoms with Gasteiger partial charge in [0.2, 0.25) is 0 Å². The predicted molar refractivity (Wildman–Crippen MR) is 89.6 cm³/mol. The number of nitrogens with one attached hydrogen (secondary N) is 1. The van der Waals surface area contributed by atoms with Crippen LogP contribution in [-0.4, -0.2) is 16.2 Å². The van der Waals surface area contributed by atoms with Gasteiger partial charge in [0.25, 0.3) is 0 Å². The minimum atomic E-state index is 0.530. The molecule has 0 spiro atoms. The maximum absolute atomic E-state index is 5.74. The van der Waals surface area contributed by atoms with Gasteiger partial charge in [0, 0.05) is 6.04 Å². The summed E-state index contributed by atoms with van der Waals surface area (Å²) < 4.78 is 8.92. The summed E-state index contributed by atoms with van der Waals surface area (Å²) >= 11 is 5.63. The van der Waals surface area contributed by atoms with Gasteiger partial charge in [-0.1, -0.05) is 32.3 Å². The number of aromatic nitrogens is 2. The largest absolute Gasteiger partial charge is 0.492 e. The number of aromatic amines is 1. The topological polar surface area (TPSA) is 29.9 Å². The van der Waals surface area contributed by atoms with Gasteiger partial charge in [0.1, 0.15) is 11.3 Å². The monoisotopic (exact) mass is 304 g/mol. The van der Waals surface area contributed by atoms with Crippen LogP contribution in [0, 0.1) is 10.7 Å². The van der Waals surface area contributed by atoms with E-state index in [2.05, 4.69) is 28.6 Å². The van der Waals surface area contributed by atoms with Gasteiger partial charge in [-0.05, 0) is 50.0 Å². The zero-order valence-corrected chi connectivity index (χ0v) is 13.7. The van der Waals surface area contributed by atoms with Gasteiger partial charge in [-0.25, -0.2) is 0 Å². The summed E-state index contributed by atoms with van der Waals surface area (Å²) in [6.45, 7) is 4.98. The molecule has 0 aliphatic heterocycles. The van der Waals surface area contributed by atoms with E-state index in [4.69, 9.17) is 17.0 Å². The lowest BCUT2D eigenvalue weighted by atomic mass is 9.82. The Morgan fingerprint density at radius 1 is 1.29 bits per heavy atom. The highest BCUT2D eigenvalue weighted by Crippen LogP contribution is 2.39. The van der Waals surface area contributed by atoms with E-state index >= 15 is 0 Å². The van der Waals surface area contributed by atoms with Gasteiger partial charge in [-0.2, -0.15) is 0 Å². The second-order valence-electron chi connectivity index (χ2n) is 5.90. The molecule has 0 saturated heterocycles. The number of fused-ring (bicyclic) bond motifs is 1. The maximum atomic E-state index is 5.74. The average Bonchev–Trinajstić information content (AvgIpc) is 2.84. The van der Waals surface area contributed by atoms with E-state index in [9.17, 15) is 0 Å². The fraction of sp³-hybridized carbons (Fsp3) is 0.588. The Hall–Kier alpha value is -1.29. The number of H-pyrrole nitrogens is 1. The van der Waals surface area contributed by atoms with Gasteiger partial charge in [-0.15, -0.1) is 0 Å². The van der Waals surface area contributed by atoms with Crippen molar-refractivity contribution in [3.8, 4) is 5.75 Å². The zero-order valence-electron chi connectivity index (χ0n) is 12.9. The first kappa shape index (κ1) is 14.6. The predicted octanol–water partition coefficient (Wildman–Crippen LogP) is 5.24. The summed E-state index contributed by atoms with van der Waals surface area (Å²) in [6.07, 6.45) is 6.44. The van der Waals surface area contributed by atoms with Crippen LogP contribution >= 0.6 is 12.2 Å². The minimum absolute atomic E-state index is 0.530. The van der Waals surface area contributed by atoms with Gasteiger partial charge in [-0.3, -0.25) is 0 Å². The first-order chi connectivity index (χ1) is 10.3. The van der Waals surface area contributed by atoms with E-state index in [-0.39, 0.29) is 0 Å². The van der Waals surface area contributed by atoms with Gasteiger partial charge >= 0.3 is 0 Å². The molecular formula is C17H24N2OS. The standard InChI is InChI=1S/C17H24N2OS/c1-3-12-8-5-6-9-13(12)19-14-10-7-11-15(20-4-2)16(14)18-17(19)21/h7,10-13H,3-6,8-9H2,1-2H3,(H,18,21). The molecule has 2 aromatic rings. The third-order valence-electron chi connectivity index (χ3n) is 4.74. The van der Waals surface area contributed by atoms with Crippen molar-refractivity contribution in [1.82, 2.24) is 9.55 Å². The molecule has 1 aliphatic carbocycles. The Morgan fingerprint density at radius 2 is 2.10 bits per heavy atom. The quantitative estimate of drug-likeness (QED) is 0.783. The number of hydrogen-bond acceptors (Lipinski definition) is 2. The number of rotatable bonds is 4. The molecule has 2 atom stereocenters. The van der Waals surface area contributed by atoms with E-state index in [1.54, 1.807) is 0 Å². The first-order valence-corrected chi connectivity index (χ1v) is 8.53. The van der Waals surface area contributed by atoms with Crippen LogP contribution in [0.5, 0.6) is 5.75 Å². The van der Waals surface area contributed by atoms with Crippen molar-refractivity contribution in [3.63, 3.8) is 0 Å². The number of hydrogen-bond donors (Lipinski definition) is 1. The van der Waals surface area contributed by atoms with Crippen molar-refractivity contribution in [1.29, 1.82) is 0 Å². The maximum Gasteiger partial charge on any atom is 0.178 e. The molecule has 3 rings (SSSR count). The highest BCUT2D eigenvalue weighted by Gasteiger charge is 2.27. The highest BCUT2D eigenvalue weighted by atomic mass is 32.1. The Balaban J connectivity index is 2.12. The van der Waals surface area contributed by atoms with E-state index in [1.165, 1.54) is 37.6 Å². The number of imidazole rings is 1. The molecule has 21 heavy (non-hydrogen) atoms. The van der Waals surface area contributed by atoms with Crippen molar-refractivity contribution in [2.45, 2.75) is 52.0 Å². The highest BCUT2D eigenvalue weighted by molar-refractivity contribution is 7.71. The van der Waals surface area contributed by atoms with E-state index in [0.29, 0.717) is 12.6 Å². The van der Waals surface area contributed by atoms with E-state index in [0.717, 1.165) is 22.0 Å². The molecule has 1 heterocycles. The van der Waals surface area contributed by atoms with Crippen molar-refractivity contribution < 1.29 is 4.74 Å². The number of para-hydroxylation sites is 1. The fourth-order valence-electron chi connectivity index (χ4n) is 3.73. The van der Waals surface area contributed by atoms with Crippen LogP contribution in [0.4, 0.5) is 0 Å². The van der Waals surface area contributed by atoms with E-state index in [1.807, 2.05) is 13.0 Å². The van der Waals surface area contributed by atoms with Crippen molar-refractivity contribution >= 4 is 23.3 Å². The lowest BCUT2D eigenvalue weighted by Gasteiger charge is -2.32. The Kier molecular flexibility index (Phi) is 4.34. The van der Waals surface area contributed by atoms with Crippen molar-refractivity contribution in [3.05, 3.63) is 23.0 Å². The molecule has 1 fully saturated rings. The molecule has 2 unspecified atom stereocenters. The molecule has 0 radical (unpaired) electrons. The summed E-state index contributed by atoms with van der Waals surface area (Å²) in [7, 11) is 0. The second-order valence-corrected chi connectivity index (χ2v) is 6.29. The van der Waals surface area contributed by atoms with Gasteiger partial charge in [0.15, 0.2) is 4.77 Å². The molecule has 1 N–H and O–H groups in total. The molecule has 3 nitrogen and oxygen atoms in total. The summed E-state index contributed by atoms with van der Waals surface area (Å²) in [5.74, 6) is 1.64. The third kappa shape index (κ3) is 2.61. The zero-order chi connectivity index (χ0) is 14.8. The second kappa shape index (κ2) is 6.22. The van der Waals surface area contributed by atoms with Gasteiger partial charge in [0.05, 0.1) is 12.1 Å². The number of nitrogens with zero attached hydrogens (tertiary/aromatic N) is 1. The Labute approximate surface area is 131 Å². The molecule has 0 amide bonds. The summed E-state index contributed by atoms with van der Waals surface area (Å²) in [5, 5.41) is 0. The van der Waals surface area contributed by atoms with Crippen LogP contribution < -0.4 is 4.74 Å². The lowest BCUT2D eigenvalue weighted by molar-refractivity contribution is 0.235. The fourth-order valence-corrected chi connectivity index (χ4v) is 4.07. The molecule has 0 bridgehead atoms. The smallest absolute Gasteiger partial charge is 0.178 e. The van der Waals surface area contributed by atoms with Crippen LogP contribution in [0.1, 0.15) is 52.0 Å². The molecule has 1 aliphatic rings. The molecule has 4 heteroatoms. The van der Waals surface area contributed by atoms with Crippen LogP contribution in [0.2, 0.25) is 0 Å². The summed E-state index contributed by atoms with van der Waals surface area (Å²) in [6, 6.07) is 6.77. The van der Waals surface area contributed by atoms with Crippen LogP contribution in [0.3, 0.4) is 0 Å². The third-order valence-corrected chi connectivity index (χ3v) is 5.04. The van der Waals surface area contributed by atoms with Crippen molar-refractivity contribution in [2.75, 3.05) is 6.61 Å². The SMILES string of the molecule is CCOc1cccc2c1[nH]c(=S)n2C1CCCCC1CC. The number of ether oxygens (including phenoxy) is 1. The average molecular weight is 304 g/mol. The van der Waals surface area contributed by atoms with Crippen LogP contribution in [0.15, 0.2) is 18.2 Å². The molecular weight excluding hydrogens is 280 g/mol. The lowest BCUT2D eigenvalue weighted by Crippen LogP contribution is -2.22. The Morgan fingerprint density at radius 3 is 2.86 bits per heavy atom. The first-order valence-electron chi connectivity index (χ1n) is 8.12. The Bertz CT molecular complexity index is 673. The summed E-state index contributed by atoms with van der Waals surface area (Å²) in [5.41, 5.74) is 2.24.